The van der Waals surface area contributed by atoms with Gasteiger partial charge in [-0.25, -0.2) is 0 Å². The van der Waals surface area contributed by atoms with Gasteiger partial charge in [-0.05, 0) is 0 Å². The summed E-state index contributed by atoms with van der Waals surface area (Å²) in [6.07, 6.45) is 0.549. The Balaban J connectivity index is 2.49. The fourth-order valence-electron chi connectivity index (χ4n) is 1.86. The molecule has 1 aliphatic rings. The number of hydrogen-bond acceptors (Lipinski definition) is 2. The van der Waals surface area contributed by atoms with Gasteiger partial charge in [0, 0.05) is 38.0 Å². The maximum absolute atomic E-state index is 12.0. The summed E-state index contributed by atoms with van der Waals surface area (Å²) >= 11 is 0. The van der Waals surface area contributed by atoms with Gasteiger partial charge in [0.2, 0.25) is 11.8 Å². The summed E-state index contributed by atoms with van der Waals surface area (Å²) in [4.78, 5) is 27.2. The van der Waals surface area contributed by atoms with E-state index in [0.717, 1.165) is 0 Å². The second-order valence-corrected chi connectivity index (χ2v) is 5.28. The third kappa shape index (κ3) is 2.97. The normalized spacial score (nSPS) is 17.5. The zero-order chi connectivity index (χ0) is 12.3. The molecule has 0 spiro atoms. The van der Waals surface area contributed by atoms with Gasteiger partial charge in [0.1, 0.15) is 0 Å². The zero-order valence-corrected chi connectivity index (χ0v) is 10.7. The zero-order valence-electron chi connectivity index (χ0n) is 10.7. The van der Waals surface area contributed by atoms with Crippen LogP contribution < -0.4 is 0 Å². The molecule has 0 atom stereocenters. The lowest BCUT2D eigenvalue weighted by atomic mass is 9.94. The molecule has 2 amide bonds. The molecular weight excluding hydrogens is 204 g/mol. The van der Waals surface area contributed by atoms with E-state index >= 15 is 0 Å². The molecule has 16 heavy (non-hydrogen) atoms. The average Bonchev–Trinajstić information content (AvgIpc) is 2.26. The molecule has 4 heteroatoms. The van der Waals surface area contributed by atoms with E-state index in [9.17, 15) is 9.59 Å². The molecule has 0 aliphatic carbocycles. The molecule has 0 N–H and O–H groups in total. The molecule has 1 heterocycles. The van der Waals surface area contributed by atoms with Gasteiger partial charge in [-0.2, -0.15) is 0 Å². The molecule has 0 aromatic heterocycles. The van der Waals surface area contributed by atoms with Crippen molar-refractivity contribution < 1.29 is 9.59 Å². The molecule has 0 radical (unpaired) electrons. The predicted molar refractivity (Wildman–Crippen MR) is 62.9 cm³/mol. The fraction of sp³-hybridized carbons (Fsp3) is 0.833. The van der Waals surface area contributed by atoms with Gasteiger partial charge in [-0.3, -0.25) is 9.59 Å². The first-order valence-corrected chi connectivity index (χ1v) is 5.93. The van der Waals surface area contributed by atoms with E-state index in [1.165, 1.54) is 0 Å². The summed E-state index contributed by atoms with van der Waals surface area (Å²) < 4.78 is 0. The van der Waals surface area contributed by atoms with E-state index < -0.39 is 0 Å². The minimum atomic E-state index is -0.322. The Morgan fingerprint density at radius 3 is 1.81 bits per heavy atom. The van der Waals surface area contributed by atoms with Crippen LogP contribution in [0.3, 0.4) is 0 Å². The quantitative estimate of drug-likeness (QED) is 0.672. The van der Waals surface area contributed by atoms with Gasteiger partial charge in [-0.15, -0.1) is 0 Å². The predicted octanol–water partition coefficient (Wildman–Crippen LogP) is 1.11. The molecule has 0 saturated carbocycles. The number of piperazine rings is 1. The van der Waals surface area contributed by atoms with E-state index in [0.29, 0.717) is 32.6 Å². The lowest BCUT2D eigenvalue weighted by Gasteiger charge is -2.37. The highest BCUT2D eigenvalue weighted by Gasteiger charge is 2.30. The Morgan fingerprint density at radius 2 is 1.44 bits per heavy atom. The molecule has 4 nitrogen and oxygen atoms in total. The Bertz CT molecular complexity index is 273. The monoisotopic (exact) mass is 226 g/mol. The number of amides is 2. The largest absolute Gasteiger partial charge is 0.339 e. The molecule has 1 fully saturated rings. The number of carbonyl (C=O) groups excluding carboxylic acids is 2. The van der Waals surface area contributed by atoms with Gasteiger partial charge in [0.05, 0.1) is 0 Å². The Labute approximate surface area is 97.6 Å². The molecule has 1 rings (SSSR count). The van der Waals surface area contributed by atoms with E-state index in [-0.39, 0.29) is 17.2 Å². The topological polar surface area (TPSA) is 40.6 Å². The van der Waals surface area contributed by atoms with Crippen molar-refractivity contribution in [3.63, 3.8) is 0 Å². The number of nitrogens with zero attached hydrogens (tertiary/aromatic N) is 2. The van der Waals surface area contributed by atoms with E-state index in [1.54, 1.807) is 0 Å². The van der Waals surface area contributed by atoms with Crippen LogP contribution in [0.2, 0.25) is 0 Å². The summed E-state index contributed by atoms with van der Waals surface area (Å²) in [5.41, 5.74) is -0.322. The molecule has 0 unspecified atom stereocenters. The van der Waals surface area contributed by atoms with Gasteiger partial charge in [0.25, 0.3) is 0 Å². The third-order valence-corrected chi connectivity index (χ3v) is 2.86. The van der Waals surface area contributed by atoms with Crippen LogP contribution >= 0.6 is 0 Å². The minimum absolute atomic E-state index is 0.177. The Kier molecular flexibility index (Phi) is 3.94. The van der Waals surface area contributed by atoms with Crippen LogP contribution in [0.5, 0.6) is 0 Å². The van der Waals surface area contributed by atoms with Crippen LogP contribution in [-0.4, -0.2) is 47.8 Å². The second kappa shape index (κ2) is 4.85. The smallest absolute Gasteiger partial charge is 0.228 e. The van der Waals surface area contributed by atoms with Crippen LogP contribution in [0.1, 0.15) is 34.1 Å². The van der Waals surface area contributed by atoms with Crippen LogP contribution in [0.15, 0.2) is 0 Å². The Morgan fingerprint density at radius 1 is 1.00 bits per heavy atom. The third-order valence-electron chi connectivity index (χ3n) is 2.86. The standard InChI is InChI=1S/C12H22N2O2/c1-5-10(15)13-6-8-14(9-7-13)11(16)12(2,3)4/h5-9H2,1-4H3. The van der Waals surface area contributed by atoms with Crippen molar-refractivity contribution in [3.05, 3.63) is 0 Å². The van der Waals surface area contributed by atoms with E-state index in [2.05, 4.69) is 0 Å². The van der Waals surface area contributed by atoms with Crippen molar-refractivity contribution in [1.29, 1.82) is 0 Å². The van der Waals surface area contributed by atoms with Gasteiger partial charge < -0.3 is 9.80 Å². The summed E-state index contributed by atoms with van der Waals surface area (Å²) in [7, 11) is 0. The first kappa shape index (κ1) is 13.0. The highest BCUT2D eigenvalue weighted by atomic mass is 16.2. The SMILES string of the molecule is CCC(=O)N1CCN(C(=O)C(C)(C)C)CC1. The van der Waals surface area contributed by atoms with Crippen molar-refractivity contribution in [2.75, 3.05) is 26.2 Å². The average molecular weight is 226 g/mol. The minimum Gasteiger partial charge on any atom is -0.339 e. The van der Waals surface area contributed by atoms with Crippen LogP contribution in [-0.2, 0) is 9.59 Å². The summed E-state index contributed by atoms with van der Waals surface area (Å²) in [5, 5.41) is 0. The maximum atomic E-state index is 12.0. The van der Waals surface area contributed by atoms with Crippen LogP contribution in [0, 0.1) is 5.41 Å². The Hall–Kier alpha value is -1.06. The van der Waals surface area contributed by atoms with Gasteiger partial charge >= 0.3 is 0 Å². The second-order valence-electron chi connectivity index (χ2n) is 5.28. The highest BCUT2D eigenvalue weighted by Crippen LogP contribution is 2.18. The molecule has 0 aromatic rings. The molecule has 1 aliphatic heterocycles. The molecule has 1 saturated heterocycles. The lowest BCUT2D eigenvalue weighted by molar-refractivity contribution is -0.144. The summed E-state index contributed by atoms with van der Waals surface area (Å²) in [6.45, 7) is 10.3. The molecular formula is C12H22N2O2. The molecule has 0 aromatic carbocycles. The van der Waals surface area contributed by atoms with Gasteiger partial charge in [0.15, 0.2) is 0 Å². The number of rotatable bonds is 1. The van der Waals surface area contributed by atoms with Crippen molar-refractivity contribution >= 4 is 11.8 Å². The van der Waals surface area contributed by atoms with E-state index in [4.69, 9.17) is 0 Å². The summed E-state index contributed by atoms with van der Waals surface area (Å²) in [6, 6.07) is 0. The van der Waals surface area contributed by atoms with Crippen molar-refractivity contribution in [2.24, 2.45) is 5.41 Å². The van der Waals surface area contributed by atoms with Gasteiger partial charge in [-0.1, -0.05) is 27.7 Å². The maximum Gasteiger partial charge on any atom is 0.228 e. The van der Waals surface area contributed by atoms with Crippen LogP contribution in [0.25, 0.3) is 0 Å². The number of carbonyl (C=O) groups is 2. The first-order valence-electron chi connectivity index (χ1n) is 5.93. The lowest BCUT2D eigenvalue weighted by Crippen LogP contribution is -2.52. The van der Waals surface area contributed by atoms with Crippen LogP contribution in [0.4, 0.5) is 0 Å². The van der Waals surface area contributed by atoms with E-state index in [1.807, 2.05) is 37.5 Å². The van der Waals surface area contributed by atoms with Crippen molar-refractivity contribution in [1.82, 2.24) is 9.80 Å². The van der Waals surface area contributed by atoms with Crippen molar-refractivity contribution in [2.45, 2.75) is 34.1 Å². The van der Waals surface area contributed by atoms with Crippen molar-refractivity contribution in [3.8, 4) is 0 Å². The number of hydrogen-bond donors (Lipinski definition) is 0. The summed E-state index contributed by atoms with van der Waals surface area (Å²) in [5.74, 6) is 0.360. The molecule has 0 bridgehead atoms. The molecule has 92 valence electrons. The first-order chi connectivity index (χ1) is 7.36. The fourth-order valence-corrected chi connectivity index (χ4v) is 1.86. The highest BCUT2D eigenvalue weighted by molar-refractivity contribution is 5.82.